The van der Waals surface area contributed by atoms with Gasteiger partial charge in [-0.3, -0.25) is 0 Å². The second-order valence-corrected chi connectivity index (χ2v) is 4.82. The third-order valence-electron chi connectivity index (χ3n) is 2.37. The van der Waals surface area contributed by atoms with E-state index in [-0.39, 0.29) is 5.02 Å². The number of hydrogen-bond donors (Lipinski definition) is 0. The van der Waals surface area contributed by atoms with E-state index >= 15 is 0 Å². The molecule has 0 radical (unpaired) electrons. The standard InChI is InChI=1S/C12H7Cl3F2N2/c13-11-7-10(5-6-12(11)17)18(19(14)15)9-3-1-8(16)2-4-9/h1-7H. The van der Waals surface area contributed by atoms with Crippen molar-refractivity contribution in [3.05, 3.63) is 59.1 Å². The van der Waals surface area contributed by atoms with E-state index in [1.807, 2.05) is 0 Å². The Morgan fingerprint density at radius 2 is 1.42 bits per heavy atom. The van der Waals surface area contributed by atoms with Gasteiger partial charge in [-0.2, -0.15) is 0 Å². The van der Waals surface area contributed by atoms with E-state index in [2.05, 4.69) is 0 Å². The Balaban J connectivity index is 2.45. The summed E-state index contributed by atoms with van der Waals surface area (Å²) >= 11 is 17.2. The molecule has 0 saturated heterocycles. The van der Waals surface area contributed by atoms with Gasteiger partial charge in [0.1, 0.15) is 11.6 Å². The Kier molecular flexibility index (Phi) is 4.47. The molecule has 19 heavy (non-hydrogen) atoms. The van der Waals surface area contributed by atoms with Crippen LogP contribution < -0.4 is 5.01 Å². The molecule has 0 fully saturated rings. The molecule has 7 heteroatoms. The number of benzene rings is 2. The van der Waals surface area contributed by atoms with Gasteiger partial charge in [0.25, 0.3) is 0 Å². The number of halogens is 5. The summed E-state index contributed by atoms with van der Waals surface area (Å²) in [6, 6.07) is 9.45. The molecule has 0 aliphatic rings. The first-order chi connectivity index (χ1) is 8.99. The van der Waals surface area contributed by atoms with Gasteiger partial charge in [-0.05, 0) is 46.5 Å². The van der Waals surface area contributed by atoms with Crippen LogP contribution in [0.5, 0.6) is 0 Å². The highest BCUT2D eigenvalue weighted by molar-refractivity contribution is 6.35. The van der Waals surface area contributed by atoms with E-state index in [1.165, 1.54) is 47.5 Å². The molecule has 100 valence electrons. The molecule has 2 nitrogen and oxygen atoms in total. The van der Waals surface area contributed by atoms with Crippen molar-refractivity contribution in [3.8, 4) is 0 Å². The van der Waals surface area contributed by atoms with Crippen LogP contribution in [0.3, 0.4) is 0 Å². The Bertz CT molecular complexity index is 576. The maximum Gasteiger partial charge on any atom is 0.141 e. The third-order valence-corrected chi connectivity index (χ3v) is 2.96. The van der Waals surface area contributed by atoms with Gasteiger partial charge in [-0.1, -0.05) is 11.6 Å². The summed E-state index contributed by atoms with van der Waals surface area (Å²) in [5, 5.41) is 1.26. The zero-order valence-electron chi connectivity index (χ0n) is 9.33. The molecule has 0 atom stereocenters. The second kappa shape index (κ2) is 5.92. The minimum absolute atomic E-state index is 0.0696. The molecule has 0 bridgehead atoms. The number of anilines is 2. The SMILES string of the molecule is Fc1ccc(N(c2ccc(F)c(Cl)c2)N(Cl)Cl)cc1. The highest BCUT2D eigenvalue weighted by Crippen LogP contribution is 2.32. The van der Waals surface area contributed by atoms with E-state index < -0.39 is 11.6 Å². The fraction of sp³-hybridized carbons (Fsp3) is 0. The average molecular weight is 324 g/mol. The number of hydrazine groups is 1. The van der Waals surface area contributed by atoms with Crippen molar-refractivity contribution in [2.24, 2.45) is 0 Å². The molecule has 0 amide bonds. The van der Waals surface area contributed by atoms with Gasteiger partial charge in [0.05, 0.1) is 16.4 Å². The van der Waals surface area contributed by atoms with Crippen molar-refractivity contribution >= 4 is 46.5 Å². The Morgan fingerprint density at radius 3 is 1.95 bits per heavy atom. The highest BCUT2D eigenvalue weighted by Gasteiger charge is 2.16. The zero-order chi connectivity index (χ0) is 14.0. The van der Waals surface area contributed by atoms with Crippen LogP contribution >= 0.6 is 35.2 Å². The first-order valence-corrected chi connectivity index (χ1v) is 6.17. The van der Waals surface area contributed by atoms with Gasteiger partial charge in [-0.25, -0.2) is 13.8 Å². The van der Waals surface area contributed by atoms with Crippen LogP contribution in [0.15, 0.2) is 42.5 Å². The van der Waals surface area contributed by atoms with Gasteiger partial charge in [-0.15, -0.1) is 0 Å². The number of rotatable bonds is 3. The number of nitrogens with zero attached hydrogens (tertiary/aromatic N) is 2. The fourth-order valence-electron chi connectivity index (χ4n) is 1.52. The normalized spacial score (nSPS) is 10.8. The van der Waals surface area contributed by atoms with E-state index in [0.29, 0.717) is 11.4 Å². The first kappa shape index (κ1) is 14.3. The van der Waals surface area contributed by atoms with Crippen LogP contribution in [0.1, 0.15) is 0 Å². The van der Waals surface area contributed by atoms with Crippen LogP contribution in [0, 0.1) is 11.6 Å². The second-order valence-electron chi connectivity index (χ2n) is 3.60. The molecule has 0 aliphatic carbocycles. The molecule has 0 N–H and O–H groups in total. The van der Waals surface area contributed by atoms with E-state index in [1.54, 1.807) is 0 Å². The van der Waals surface area contributed by atoms with Crippen LogP contribution in [0.4, 0.5) is 20.2 Å². The largest absolute Gasteiger partial charge is 0.246 e. The predicted octanol–water partition coefficient (Wildman–Crippen LogP) is 5.28. The van der Waals surface area contributed by atoms with Crippen LogP contribution in [0.2, 0.25) is 5.02 Å². The first-order valence-electron chi connectivity index (χ1n) is 5.11. The Hall–Kier alpha value is -1.07. The molecule has 0 unspecified atom stereocenters. The molecule has 2 rings (SSSR count). The fourth-order valence-corrected chi connectivity index (χ4v) is 2.05. The minimum Gasteiger partial charge on any atom is -0.246 e. The van der Waals surface area contributed by atoms with Gasteiger partial charge < -0.3 is 0 Å². The van der Waals surface area contributed by atoms with Crippen LogP contribution in [-0.2, 0) is 0 Å². The van der Waals surface area contributed by atoms with Gasteiger partial charge >= 0.3 is 0 Å². The van der Waals surface area contributed by atoms with Gasteiger partial charge in [0, 0.05) is 23.6 Å². The molecule has 0 spiro atoms. The van der Waals surface area contributed by atoms with Crippen molar-refractivity contribution in [2.75, 3.05) is 5.01 Å². The smallest absolute Gasteiger partial charge is 0.141 e. The summed E-state index contributed by atoms with van der Waals surface area (Å²) in [5.74, 6) is -0.947. The minimum atomic E-state index is -0.555. The van der Waals surface area contributed by atoms with Crippen LogP contribution in [-0.4, -0.2) is 4.05 Å². The molecule has 0 saturated carbocycles. The van der Waals surface area contributed by atoms with Crippen molar-refractivity contribution in [1.29, 1.82) is 0 Å². The van der Waals surface area contributed by atoms with E-state index in [0.717, 1.165) is 4.05 Å². The van der Waals surface area contributed by atoms with Crippen molar-refractivity contribution < 1.29 is 8.78 Å². The Labute approximate surface area is 123 Å². The molecular formula is C12H7Cl3F2N2. The molecule has 0 aromatic heterocycles. The lowest BCUT2D eigenvalue weighted by molar-refractivity contribution is 0.625. The predicted molar refractivity (Wildman–Crippen MR) is 73.5 cm³/mol. The summed E-state index contributed by atoms with van der Waals surface area (Å²) in [5.41, 5.74) is 0.928. The van der Waals surface area contributed by atoms with Gasteiger partial charge in [0.2, 0.25) is 0 Å². The summed E-state index contributed by atoms with van der Waals surface area (Å²) < 4.78 is 26.8. The lowest BCUT2D eigenvalue weighted by Gasteiger charge is -2.26. The van der Waals surface area contributed by atoms with Crippen molar-refractivity contribution in [1.82, 2.24) is 4.05 Å². The van der Waals surface area contributed by atoms with Crippen molar-refractivity contribution in [3.63, 3.8) is 0 Å². The lowest BCUT2D eigenvalue weighted by atomic mass is 10.2. The lowest BCUT2D eigenvalue weighted by Crippen LogP contribution is -2.24. The van der Waals surface area contributed by atoms with E-state index in [9.17, 15) is 8.78 Å². The zero-order valence-corrected chi connectivity index (χ0v) is 11.6. The highest BCUT2D eigenvalue weighted by atomic mass is 35.5. The van der Waals surface area contributed by atoms with Gasteiger partial charge in [0.15, 0.2) is 0 Å². The average Bonchev–Trinajstić information content (AvgIpc) is 2.36. The molecular weight excluding hydrogens is 317 g/mol. The molecule has 2 aromatic rings. The molecule has 2 aromatic carbocycles. The quantitative estimate of drug-likeness (QED) is 0.560. The molecule has 0 heterocycles. The topological polar surface area (TPSA) is 6.48 Å². The monoisotopic (exact) mass is 322 g/mol. The third kappa shape index (κ3) is 3.28. The van der Waals surface area contributed by atoms with Crippen LogP contribution in [0.25, 0.3) is 0 Å². The Morgan fingerprint density at radius 1 is 0.842 bits per heavy atom. The summed E-state index contributed by atoms with van der Waals surface area (Å²) in [6.45, 7) is 0. The maximum atomic E-state index is 13.1. The maximum absolute atomic E-state index is 13.1. The molecule has 0 aliphatic heterocycles. The summed E-state index contributed by atoms with van der Waals surface area (Å²) in [6.07, 6.45) is 0. The van der Waals surface area contributed by atoms with E-state index in [4.69, 9.17) is 35.2 Å². The number of hydrogen-bond acceptors (Lipinski definition) is 2. The van der Waals surface area contributed by atoms with Crippen molar-refractivity contribution in [2.45, 2.75) is 0 Å². The summed E-state index contributed by atoms with van der Waals surface area (Å²) in [4.78, 5) is 0. The summed E-state index contributed by atoms with van der Waals surface area (Å²) in [7, 11) is 0.